The fraction of sp³-hybridized carbons (Fsp3) is 0.172. The van der Waals surface area contributed by atoms with Crippen molar-refractivity contribution in [3.05, 3.63) is 95.1 Å². The van der Waals surface area contributed by atoms with Crippen LogP contribution in [0.15, 0.2) is 88.5 Å². The second-order valence-corrected chi connectivity index (χ2v) is 9.64. The van der Waals surface area contributed by atoms with Crippen molar-refractivity contribution in [2.24, 2.45) is 10.1 Å². The molecule has 3 aromatic rings. The van der Waals surface area contributed by atoms with Crippen LogP contribution in [0, 0.1) is 12.3 Å². The van der Waals surface area contributed by atoms with Gasteiger partial charge in [-0.3, -0.25) is 10.2 Å². The van der Waals surface area contributed by atoms with E-state index in [1.165, 1.54) is 16.8 Å². The molecule has 0 saturated carbocycles. The van der Waals surface area contributed by atoms with Gasteiger partial charge in [-0.25, -0.2) is 0 Å². The minimum atomic E-state index is -0.475. The van der Waals surface area contributed by atoms with E-state index >= 15 is 0 Å². The van der Waals surface area contributed by atoms with Crippen LogP contribution >= 0.6 is 11.8 Å². The highest BCUT2D eigenvalue weighted by Gasteiger charge is 2.35. The molecule has 192 valence electrons. The second-order valence-electron chi connectivity index (χ2n) is 8.60. The van der Waals surface area contributed by atoms with Crippen LogP contribution in [-0.2, 0) is 11.2 Å². The molecule has 9 heteroatoms. The number of thioether (sulfide) groups is 1. The number of carbonyl (C=O) groups excluding carboxylic acids is 1. The first kappa shape index (κ1) is 25.3. The lowest BCUT2D eigenvalue weighted by molar-refractivity contribution is -0.114. The zero-order valence-electron chi connectivity index (χ0n) is 21.0. The van der Waals surface area contributed by atoms with Gasteiger partial charge in [0.25, 0.3) is 5.91 Å². The Bertz CT molecular complexity index is 1470. The number of benzene rings is 3. The monoisotopic (exact) mass is 526 g/mol. The maximum absolute atomic E-state index is 12.8. The van der Waals surface area contributed by atoms with Crippen LogP contribution in [0.25, 0.3) is 6.08 Å². The van der Waals surface area contributed by atoms with Crippen molar-refractivity contribution in [3.8, 4) is 17.2 Å². The van der Waals surface area contributed by atoms with Gasteiger partial charge in [0.15, 0.2) is 17.3 Å². The van der Waals surface area contributed by atoms with Gasteiger partial charge in [-0.1, -0.05) is 48.5 Å². The lowest BCUT2D eigenvalue weighted by Crippen LogP contribution is -2.35. The van der Waals surface area contributed by atoms with Crippen molar-refractivity contribution in [1.82, 2.24) is 5.01 Å². The van der Waals surface area contributed by atoms with Gasteiger partial charge in [-0.2, -0.15) is 15.1 Å². The van der Waals surface area contributed by atoms with Gasteiger partial charge in [-0.15, -0.1) is 0 Å². The van der Waals surface area contributed by atoms with Crippen LogP contribution in [0.1, 0.15) is 16.7 Å². The number of fused-ring (bicyclic) bond motifs is 1. The SMILES string of the molecule is COc1cc(/C=C2/C(=N)N3N=C(Cc4ccccc4)SC3=NC2=O)ccc1OCCOc1cccc(C)c1. The number of hydrazone groups is 1. The molecule has 5 rings (SSSR count). The summed E-state index contributed by atoms with van der Waals surface area (Å²) >= 11 is 1.31. The Hall–Kier alpha value is -4.37. The molecule has 0 spiro atoms. The topological polar surface area (TPSA) is 96.6 Å². The quantitative estimate of drug-likeness (QED) is 0.299. The minimum Gasteiger partial charge on any atom is -0.493 e. The number of ether oxygens (including phenoxy) is 3. The van der Waals surface area contributed by atoms with E-state index in [0.29, 0.717) is 41.9 Å². The molecule has 8 nitrogen and oxygen atoms in total. The molecule has 0 atom stereocenters. The third-order valence-corrected chi connectivity index (χ3v) is 6.70. The molecule has 2 aliphatic heterocycles. The van der Waals surface area contributed by atoms with E-state index in [2.05, 4.69) is 10.1 Å². The summed E-state index contributed by atoms with van der Waals surface area (Å²) in [6, 6.07) is 23.1. The molecule has 3 aromatic carbocycles. The smallest absolute Gasteiger partial charge is 0.283 e. The number of amidine groups is 2. The normalized spacial score (nSPS) is 15.7. The largest absolute Gasteiger partial charge is 0.493 e. The number of methoxy groups -OCH3 is 1. The Labute approximate surface area is 225 Å². The summed E-state index contributed by atoms with van der Waals surface area (Å²) < 4.78 is 17.1. The number of aliphatic imine (C=N–C) groups is 1. The summed E-state index contributed by atoms with van der Waals surface area (Å²) in [7, 11) is 1.55. The highest BCUT2D eigenvalue weighted by Crippen LogP contribution is 2.32. The third-order valence-electron chi connectivity index (χ3n) is 5.79. The summed E-state index contributed by atoms with van der Waals surface area (Å²) in [5.41, 5.74) is 3.06. The van der Waals surface area contributed by atoms with Gasteiger partial charge in [-0.05, 0) is 65.7 Å². The molecule has 0 bridgehead atoms. The van der Waals surface area contributed by atoms with Crippen molar-refractivity contribution in [1.29, 1.82) is 5.41 Å². The molecule has 1 amide bonds. The van der Waals surface area contributed by atoms with E-state index in [1.54, 1.807) is 31.4 Å². The highest BCUT2D eigenvalue weighted by atomic mass is 32.2. The zero-order valence-corrected chi connectivity index (χ0v) is 21.8. The van der Waals surface area contributed by atoms with Crippen molar-refractivity contribution in [2.75, 3.05) is 20.3 Å². The van der Waals surface area contributed by atoms with Gasteiger partial charge in [0, 0.05) is 6.42 Å². The molecule has 2 heterocycles. The average Bonchev–Trinajstić information content (AvgIpc) is 3.32. The molecule has 0 radical (unpaired) electrons. The van der Waals surface area contributed by atoms with Crippen LogP contribution in [0.3, 0.4) is 0 Å². The van der Waals surface area contributed by atoms with Crippen LogP contribution < -0.4 is 14.2 Å². The van der Waals surface area contributed by atoms with E-state index in [4.69, 9.17) is 19.6 Å². The van der Waals surface area contributed by atoms with Gasteiger partial charge in [0.1, 0.15) is 24.0 Å². The van der Waals surface area contributed by atoms with Crippen LogP contribution in [0.2, 0.25) is 0 Å². The number of amides is 1. The van der Waals surface area contributed by atoms with Crippen molar-refractivity contribution >= 4 is 39.8 Å². The molecule has 0 aliphatic carbocycles. The molecule has 38 heavy (non-hydrogen) atoms. The number of hydrogen-bond donors (Lipinski definition) is 1. The van der Waals surface area contributed by atoms with Crippen molar-refractivity contribution in [3.63, 3.8) is 0 Å². The number of hydrogen-bond acceptors (Lipinski definition) is 7. The fourth-order valence-electron chi connectivity index (χ4n) is 3.95. The predicted molar refractivity (Wildman–Crippen MR) is 150 cm³/mol. The fourth-order valence-corrected chi connectivity index (χ4v) is 4.87. The first-order chi connectivity index (χ1) is 18.5. The molecule has 2 aliphatic rings. The first-order valence-electron chi connectivity index (χ1n) is 12.0. The molecule has 1 N–H and O–H groups in total. The summed E-state index contributed by atoms with van der Waals surface area (Å²) in [4.78, 5) is 17.0. The van der Waals surface area contributed by atoms with Crippen molar-refractivity contribution in [2.45, 2.75) is 13.3 Å². The highest BCUT2D eigenvalue weighted by molar-refractivity contribution is 8.26. The molecule has 0 fully saturated rings. The molecular formula is C29H26N4O4S. The molecular weight excluding hydrogens is 500 g/mol. The first-order valence-corrected chi connectivity index (χ1v) is 12.8. The number of carbonyl (C=O) groups is 1. The second kappa shape index (κ2) is 11.4. The molecule has 0 saturated heterocycles. The molecule has 0 unspecified atom stereocenters. The van der Waals surface area contributed by atoms with E-state index < -0.39 is 5.91 Å². The van der Waals surface area contributed by atoms with Crippen LogP contribution in [-0.4, -0.2) is 47.3 Å². The van der Waals surface area contributed by atoms with E-state index in [-0.39, 0.29) is 11.4 Å². The third kappa shape index (κ3) is 5.78. The van der Waals surface area contributed by atoms with E-state index in [1.807, 2.05) is 61.5 Å². The van der Waals surface area contributed by atoms with Gasteiger partial charge < -0.3 is 14.2 Å². The summed E-state index contributed by atoms with van der Waals surface area (Å²) in [6.45, 7) is 2.73. The van der Waals surface area contributed by atoms with Crippen LogP contribution in [0.4, 0.5) is 0 Å². The van der Waals surface area contributed by atoms with E-state index in [0.717, 1.165) is 21.9 Å². The Balaban J connectivity index is 1.26. The summed E-state index contributed by atoms with van der Waals surface area (Å²) in [5.74, 6) is 1.37. The minimum absolute atomic E-state index is 0.0110. The van der Waals surface area contributed by atoms with Crippen LogP contribution in [0.5, 0.6) is 17.2 Å². The standard InChI is InChI=1S/C29H26N4O4S/c1-19-7-6-10-22(15-19)36-13-14-37-24-12-11-21(17-25(24)35-2)16-23-27(30)33-29(31-28(23)34)38-26(32-33)18-20-8-4-3-5-9-20/h3-12,15-17,30H,13-14,18H2,1-2H3/b23-16-,30-27?. The number of nitrogens with one attached hydrogen (secondary N) is 1. The number of rotatable bonds is 9. The Kier molecular flexibility index (Phi) is 7.55. The summed E-state index contributed by atoms with van der Waals surface area (Å²) in [6.07, 6.45) is 2.23. The molecule has 0 aromatic heterocycles. The predicted octanol–water partition coefficient (Wildman–Crippen LogP) is 5.32. The van der Waals surface area contributed by atoms with Gasteiger partial charge in [0.05, 0.1) is 12.7 Å². The zero-order chi connectivity index (χ0) is 26.5. The summed E-state index contributed by atoms with van der Waals surface area (Å²) in [5, 5.41) is 15.8. The van der Waals surface area contributed by atoms with Gasteiger partial charge in [0.2, 0.25) is 5.17 Å². The van der Waals surface area contributed by atoms with E-state index in [9.17, 15) is 4.79 Å². The maximum Gasteiger partial charge on any atom is 0.283 e. The number of aryl methyl sites for hydroxylation is 1. The Morgan fingerprint density at radius 2 is 1.79 bits per heavy atom. The Morgan fingerprint density at radius 3 is 2.58 bits per heavy atom. The average molecular weight is 527 g/mol. The van der Waals surface area contributed by atoms with Crippen molar-refractivity contribution < 1.29 is 19.0 Å². The maximum atomic E-state index is 12.8. The lowest BCUT2D eigenvalue weighted by Gasteiger charge is -2.20. The number of nitrogens with zero attached hydrogens (tertiary/aromatic N) is 3. The Morgan fingerprint density at radius 1 is 0.974 bits per heavy atom. The van der Waals surface area contributed by atoms with Gasteiger partial charge >= 0.3 is 0 Å². The lowest BCUT2D eigenvalue weighted by atomic mass is 10.1.